The van der Waals surface area contributed by atoms with Gasteiger partial charge in [-0.1, -0.05) is 29.8 Å². The van der Waals surface area contributed by atoms with E-state index in [4.69, 9.17) is 11.6 Å². The Kier molecular flexibility index (Phi) is 5.26. The molecule has 126 valence electrons. The second-order valence-corrected chi connectivity index (χ2v) is 6.46. The van der Waals surface area contributed by atoms with Crippen LogP contribution in [0.25, 0.3) is 0 Å². The summed E-state index contributed by atoms with van der Waals surface area (Å²) in [4.78, 5) is 16.9. The molecule has 1 aliphatic rings. The molecule has 4 nitrogen and oxygen atoms in total. The van der Waals surface area contributed by atoms with Gasteiger partial charge in [-0.15, -0.1) is 0 Å². The molecular weight excluding hydrogens is 322 g/mol. The van der Waals surface area contributed by atoms with E-state index in [1.165, 1.54) is 5.69 Å². The Hall–Kier alpha value is -2.20. The Morgan fingerprint density at radius 1 is 1.00 bits per heavy atom. The molecule has 3 rings (SSSR count). The number of carbonyl (C=O) groups excluding carboxylic acids is 1. The summed E-state index contributed by atoms with van der Waals surface area (Å²) in [6.07, 6.45) is 0. The number of nitrogens with one attached hydrogen (secondary N) is 1. The maximum Gasteiger partial charge on any atom is 0.244 e. The van der Waals surface area contributed by atoms with E-state index >= 15 is 0 Å². The second-order valence-electron chi connectivity index (χ2n) is 6.02. The van der Waals surface area contributed by atoms with Crippen LogP contribution in [-0.2, 0) is 4.79 Å². The molecule has 2 aromatic rings. The molecule has 0 spiro atoms. The third-order valence-electron chi connectivity index (χ3n) is 4.31. The summed E-state index contributed by atoms with van der Waals surface area (Å²) in [5, 5.41) is 3.94. The number of hydrogen-bond acceptors (Lipinski definition) is 3. The minimum Gasteiger partial charge on any atom is -0.374 e. The summed E-state index contributed by atoms with van der Waals surface area (Å²) in [6.45, 7) is 5.13. The van der Waals surface area contributed by atoms with Crippen molar-refractivity contribution in [1.29, 1.82) is 0 Å². The zero-order valence-corrected chi connectivity index (χ0v) is 14.5. The first-order chi connectivity index (χ1) is 11.6. The summed E-state index contributed by atoms with van der Waals surface area (Å²) in [6, 6.07) is 17.5. The number of para-hydroxylation sites is 1. The molecule has 0 unspecified atom stereocenters. The molecule has 5 heteroatoms. The van der Waals surface area contributed by atoms with Crippen LogP contribution in [0.4, 0.5) is 11.4 Å². The summed E-state index contributed by atoms with van der Waals surface area (Å²) < 4.78 is 0. The third-order valence-corrected chi connectivity index (χ3v) is 4.56. The van der Waals surface area contributed by atoms with Crippen LogP contribution >= 0.6 is 11.6 Å². The monoisotopic (exact) mass is 343 g/mol. The average molecular weight is 344 g/mol. The predicted molar refractivity (Wildman–Crippen MR) is 99.8 cm³/mol. The van der Waals surface area contributed by atoms with E-state index in [0.717, 1.165) is 31.9 Å². The van der Waals surface area contributed by atoms with Crippen LogP contribution in [0.5, 0.6) is 0 Å². The number of halogens is 1. The van der Waals surface area contributed by atoms with Crippen molar-refractivity contribution in [2.75, 3.05) is 36.4 Å². The van der Waals surface area contributed by atoms with Crippen LogP contribution in [0.1, 0.15) is 6.92 Å². The van der Waals surface area contributed by atoms with Crippen molar-refractivity contribution in [3.8, 4) is 0 Å². The van der Waals surface area contributed by atoms with E-state index in [2.05, 4.69) is 22.3 Å². The van der Waals surface area contributed by atoms with Crippen molar-refractivity contribution in [1.82, 2.24) is 4.90 Å². The summed E-state index contributed by atoms with van der Waals surface area (Å²) in [5.41, 5.74) is 2.13. The SMILES string of the molecule is C[C@H](Nc1ccc(Cl)cc1)C(=O)N1CCN(c2ccccc2)CC1. The summed E-state index contributed by atoms with van der Waals surface area (Å²) in [7, 11) is 0. The molecular formula is C19H22ClN3O. The molecule has 2 aromatic carbocycles. The number of benzene rings is 2. The van der Waals surface area contributed by atoms with E-state index in [1.54, 1.807) is 0 Å². The highest BCUT2D eigenvalue weighted by atomic mass is 35.5. The molecule has 1 heterocycles. The zero-order chi connectivity index (χ0) is 16.9. The third kappa shape index (κ3) is 4.01. The Bertz CT molecular complexity index is 667. The molecule has 0 aliphatic carbocycles. The van der Waals surface area contributed by atoms with Gasteiger partial charge in [0.15, 0.2) is 0 Å². The lowest BCUT2D eigenvalue weighted by molar-refractivity contribution is -0.131. The van der Waals surface area contributed by atoms with Gasteiger partial charge in [0.25, 0.3) is 0 Å². The predicted octanol–water partition coefficient (Wildman–Crippen LogP) is 3.49. The summed E-state index contributed by atoms with van der Waals surface area (Å²) in [5.74, 6) is 0.137. The van der Waals surface area contributed by atoms with Crippen molar-refractivity contribution < 1.29 is 4.79 Å². The molecule has 1 atom stereocenters. The fourth-order valence-electron chi connectivity index (χ4n) is 2.96. The van der Waals surface area contributed by atoms with Crippen LogP contribution < -0.4 is 10.2 Å². The van der Waals surface area contributed by atoms with E-state index < -0.39 is 0 Å². The van der Waals surface area contributed by atoms with Gasteiger partial charge in [-0.05, 0) is 43.3 Å². The minimum atomic E-state index is -0.255. The largest absolute Gasteiger partial charge is 0.374 e. The van der Waals surface area contributed by atoms with Crippen LogP contribution in [0.3, 0.4) is 0 Å². The van der Waals surface area contributed by atoms with E-state index in [0.29, 0.717) is 5.02 Å². The highest BCUT2D eigenvalue weighted by molar-refractivity contribution is 6.30. The van der Waals surface area contributed by atoms with Crippen LogP contribution in [-0.4, -0.2) is 43.0 Å². The van der Waals surface area contributed by atoms with E-state index in [-0.39, 0.29) is 11.9 Å². The van der Waals surface area contributed by atoms with Crippen molar-refractivity contribution >= 4 is 28.9 Å². The molecule has 1 amide bonds. The highest BCUT2D eigenvalue weighted by Crippen LogP contribution is 2.17. The Morgan fingerprint density at radius 2 is 1.62 bits per heavy atom. The number of carbonyl (C=O) groups is 1. The van der Waals surface area contributed by atoms with Gasteiger partial charge in [0.05, 0.1) is 0 Å². The lowest BCUT2D eigenvalue weighted by Gasteiger charge is -2.37. The fourth-order valence-corrected chi connectivity index (χ4v) is 3.08. The molecule has 1 N–H and O–H groups in total. The fraction of sp³-hybridized carbons (Fsp3) is 0.316. The van der Waals surface area contributed by atoms with Gasteiger partial charge in [0.1, 0.15) is 6.04 Å². The summed E-state index contributed by atoms with van der Waals surface area (Å²) >= 11 is 5.89. The average Bonchev–Trinajstić information content (AvgIpc) is 2.64. The van der Waals surface area contributed by atoms with Gasteiger partial charge in [-0.3, -0.25) is 4.79 Å². The Labute approximate surface area is 148 Å². The van der Waals surface area contributed by atoms with Gasteiger partial charge < -0.3 is 15.1 Å². The molecule has 1 saturated heterocycles. The standard InChI is InChI=1S/C19H22ClN3O/c1-15(21-17-9-7-16(20)8-10-17)19(24)23-13-11-22(12-14-23)18-5-3-2-4-6-18/h2-10,15,21H,11-14H2,1H3/t15-/m0/s1. The number of amides is 1. The van der Waals surface area contributed by atoms with E-state index in [1.807, 2.05) is 54.3 Å². The number of rotatable bonds is 4. The number of piperazine rings is 1. The highest BCUT2D eigenvalue weighted by Gasteiger charge is 2.24. The number of nitrogens with zero attached hydrogens (tertiary/aromatic N) is 2. The van der Waals surface area contributed by atoms with Crippen LogP contribution in [0.2, 0.25) is 5.02 Å². The van der Waals surface area contributed by atoms with Gasteiger partial charge in [-0.25, -0.2) is 0 Å². The van der Waals surface area contributed by atoms with Crippen molar-refractivity contribution in [3.05, 3.63) is 59.6 Å². The quantitative estimate of drug-likeness (QED) is 0.923. The lowest BCUT2D eigenvalue weighted by Crippen LogP contribution is -2.52. The molecule has 0 aromatic heterocycles. The van der Waals surface area contributed by atoms with E-state index in [9.17, 15) is 4.79 Å². The van der Waals surface area contributed by atoms with Crippen molar-refractivity contribution in [2.24, 2.45) is 0 Å². The first kappa shape index (κ1) is 16.7. The van der Waals surface area contributed by atoms with Crippen LogP contribution in [0, 0.1) is 0 Å². The molecule has 0 saturated carbocycles. The van der Waals surface area contributed by atoms with Gasteiger partial charge in [0.2, 0.25) is 5.91 Å². The Morgan fingerprint density at radius 3 is 2.25 bits per heavy atom. The van der Waals surface area contributed by atoms with Crippen molar-refractivity contribution in [2.45, 2.75) is 13.0 Å². The molecule has 0 radical (unpaired) electrons. The zero-order valence-electron chi connectivity index (χ0n) is 13.8. The first-order valence-corrected chi connectivity index (χ1v) is 8.62. The molecule has 1 aliphatic heterocycles. The van der Waals surface area contributed by atoms with Crippen LogP contribution in [0.15, 0.2) is 54.6 Å². The first-order valence-electron chi connectivity index (χ1n) is 8.24. The van der Waals surface area contributed by atoms with Crippen molar-refractivity contribution in [3.63, 3.8) is 0 Å². The molecule has 0 bridgehead atoms. The topological polar surface area (TPSA) is 35.6 Å². The number of hydrogen-bond donors (Lipinski definition) is 1. The normalized spacial score (nSPS) is 15.9. The molecule has 24 heavy (non-hydrogen) atoms. The Balaban J connectivity index is 1.53. The van der Waals surface area contributed by atoms with Gasteiger partial charge in [-0.2, -0.15) is 0 Å². The van der Waals surface area contributed by atoms with Gasteiger partial charge >= 0.3 is 0 Å². The molecule has 1 fully saturated rings. The smallest absolute Gasteiger partial charge is 0.244 e. The maximum absolute atomic E-state index is 12.6. The number of anilines is 2. The minimum absolute atomic E-state index is 0.137. The van der Waals surface area contributed by atoms with Gasteiger partial charge in [0, 0.05) is 42.6 Å². The maximum atomic E-state index is 12.6. The second kappa shape index (κ2) is 7.58. The lowest BCUT2D eigenvalue weighted by atomic mass is 10.2.